The zero-order valence-corrected chi connectivity index (χ0v) is 15.4. The average Bonchev–Trinajstić information content (AvgIpc) is 2.47. The van der Waals surface area contributed by atoms with Gasteiger partial charge in [-0.15, -0.1) is 0 Å². The van der Waals surface area contributed by atoms with Gasteiger partial charge in [0.2, 0.25) is 0 Å². The third kappa shape index (κ3) is 7.15. The summed E-state index contributed by atoms with van der Waals surface area (Å²) < 4.78 is 0. The molecule has 21 heavy (non-hydrogen) atoms. The summed E-state index contributed by atoms with van der Waals surface area (Å²) in [4.78, 5) is 2.72. The van der Waals surface area contributed by atoms with Crippen LogP contribution >= 0.6 is 0 Å². The SMILES string of the molecule is CCC(C)CN(CC)CC1(CNCC(C)C)CCCCC1. The van der Waals surface area contributed by atoms with Crippen LogP contribution in [0.4, 0.5) is 0 Å². The van der Waals surface area contributed by atoms with E-state index in [2.05, 4.69) is 44.8 Å². The first-order chi connectivity index (χ1) is 10.0. The van der Waals surface area contributed by atoms with Crippen LogP contribution in [0.3, 0.4) is 0 Å². The summed E-state index contributed by atoms with van der Waals surface area (Å²) in [5.41, 5.74) is 0.538. The Morgan fingerprint density at radius 2 is 1.71 bits per heavy atom. The first-order valence-corrected chi connectivity index (χ1v) is 9.44. The molecular weight excluding hydrogens is 256 g/mol. The molecule has 1 atom stereocenters. The van der Waals surface area contributed by atoms with E-state index in [9.17, 15) is 0 Å². The van der Waals surface area contributed by atoms with Crippen molar-refractivity contribution in [2.45, 2.75) is 73.1 Å². The Hall–Kier alpha value is -0.0800. The topological polar surface area (TPSA) is 15.3 Å². The molecule has 1 fully saturated rings. The predicted molar refractivity (Wildman–Crippen MR) is 94.8 cm³/mol. The van der Waals surface area contributed by atoms with Crippen molar-refractivity contribution in [2.75, 3.05) is 32.7 Å². The molecule has 0 aromatic carbocycles. The smallest absolute Gasteiger partial charge is 0.00501 e. The van der Waals surface area contributed by atoms with E-state index in [1.54, 1.807) is 0 Å². The Labute approximate surface area is 134 Å². The molecule has 0 radical (unpaired) electrons. The molecule has 0 bridgehead atoms. The molecule has 1 rings (SSSR count). The van der Waals surface area contributed by atoms with E-state index in [-0.39, 0.29) is 0 Å². The second kappa shape index (κ2) is 9.84. The highest BCUT2D eigenvalue weighted by molar-refractivity contribution is 4.88. The predicted octanol–water partition coefficient (Wildman–Crippen LogP) is 4.55. The van der Waals surface area contributed by atoms with E-state index >= 15 is 0 Å². The van der Waals surface area contributed by atoms with Gasteiger partial charge in [0.15, 0.2) is 0 Å². The summed E-state index contributed by atoms with van der Waals surface area (Å²) >= 11 is 0. The van der Waals surface area contributed by atoms with E-state index < -0.39 is 0 Å². The summed E-state index contributed by atoms with van der Waals surface area (Å²) in [5.74, 6) is 1.59. The van der Waals surface area contributed by atoms with Crippen LogP contribution in [0.1, 0.15) is 73.1 Å². The first kappa shape index (κ1) is 19.0. The van der Waals surface area contributed by atoms with Crippen LogP contribution in [0.15, 0.2) is 0 Å². The molecule has 0 spiro atoms. The van der Waals surface area contributed by atoms with Gasteiger partial charge >= 0.3 is 0 Å². The molecule has 0 aromatic heterocycles. The minimum absolute atomic E-state index is 0.538. The standard InChI is InChI=1S/C19H40N2/c1-6-18(5)14-21(7-2)16-19(11-9-8-10-12-19)15-20-13-17(3)4/h17-18,20H,6-16H2,1-5H3. The molecule has 1 aliphatic carbocycles. The molecular formula is C19H40N2. The van der Waals surface area contributed by atoms with Crippen molar-refractivity contribution in [3.05, 3.63) is 0 Å². The highest BCUT2D eigenvalue weighted by atomic mass is 15.1. The molecule has 1 unspecified atom stereocenters. The van der Waals surface area contributed by atoms with Crippen LogP contribution < -0.4 is 5.32 Å². The van der Waals surface area contributed by atoms with Crippen molar-refractivity contribution in [3.63, 3.8) is 0 Å². The van der Waals surface area contributed by atoms with Crippen molar-refractivity contribution in [2.24, 2.45) is 17.3 Å². The lowest BCUT2D eigenvalue weighted by Gasteiger charge is -2.42. The van der Waals surface area contributed by atoms with Crippen molar-refractivity contribution < 1.29 is 0 Å². The van der Waals surface area contributed by atoms with E-state index in [1.807, 2.05) is 0 Å². The fourth-order valence-electron chi connectivity index (χ4n) is 3.67. The summed E-state index contributed by atoms with van der Waals surface area (Å²) in [5, 5.41) is 3.77. The highest BCUT2D eigenvalue weighted by Crippen LogP contribution is 2.36. The second-order valence-electron chi connectivity index (χ2n) is 7.93. The van der Waals surface area contributed by atoms with E-state index in [4.69, 9.17) is 0 Å². The summed E-state index contributed by atoms with van der Waals surface area (Å²) in [7, 11) is 0. The van der Waals surface area contributed by atoms with Gasteiger partial charge in [-0.1, -0.05) is 60.3 Å². The zero-order chi connectivity index (χ0) is 15.7. The third-order valence-electron chi connectivity index (χ3n) is 5.24. The molecule has 2 heteroatoms. The van der Waals surface area contributed by atoms with Crippen molar-refractivity contribution in [1.29, 1.82) is 0 Å². The van der Waals surface area contributed by atoms with Gasteiger partial charge < -0.3 is 10.2 Å². The Morgan fingerprint density at radius 3 is 2.24 bits per heavy atom. The van der Waals surface area contributed by atoms with Crippen LogP contribution in [0, 0.1) is 17.3 Å². The summed E-state index contributed by atoms with van der Waals surface area (Å²) in [6, 6.07) is 0. The van der Waals surface area contributed by atoms with Crippen molar-refractivity contribution >= 4 is 0 Å². The molecule has 0 aromatic rings. The van der Waals surface area contributed by atoms with Crippen molar-refractivity contribution in [3.8, 4) is 0 Å². The molecule has 126 valence electrons. The Balaban J connectivity index is 2.58. The number of hydrogen-bond acceptors (Lipinski definition) is 2. The molecule has 1 saturated carbocycles. The molecule has 1 N–H and O–H groups in total. The monoisotopic (exact) mass is 296 g/mol. The molecule has 0 amide bonds. The maximum Gasteiger partial charge on any atom is 0.00501 e. The maximum atomic E-state index is 3.77. The van der Waals surface area contributed by atoms with Gasteiger partial charge in [0.1, 0.15) is 0 Å². The molecule has 1 aliphatic rings. The largest absolute Gasteiger partial charge is 0.316 e. The summed E-state index contributed by atoms with van der Waals surface area (Å²) in [6.07, 6.45) is 8.47. The summed E-state index contributed by atoms with van der Waals surface area (Å²) in [6.45, 7) is 17.8. The van der Waals surface area contributed by atoms with Gasteiger partial charge in [-0.2, -0.15) is 0 Å². The molecule has 0 heterocycles. The van der Waals surface area contributed by atoms with Crippen LogP contribution in [0.2, 0.25) is 0 Å². The van der Waals surface area contributed by atoms with E-state index in [0.717, 1.165) is 11.8 Å². The minimum Gasteiger partial charge on any atom is -0.316 e. The van der Waals surface area contributed by atoms with Crippen LogP contribution in [-0.2, 0) is 0 Å². The van der Waals surface area contributed by atoms with Gasteiger partial charge in [-0.3, -0.25) is 0 Å². The fourth-order valence-corrected chi connectivity index (χ4v) is 3.67. The number of rotatable bonds is 10. The van der Waals surface area contributed by atoms with Crippen LogP contribution in [0.25, 0.3) is 0 Å². The van der Waals surface area contributed by atoms with E-state index in [1.165, 1.54) is 71.2 Å². The second-order valence-corrected chi connectivity index (χ2v) is 7.93. The lowest BCUT2D eigenvalue weighted by molar-refractivity contribution is 0.0952. The maximum absolute atomic E-state index is 3.77. The molecule has 0 saturated heterocycles. The zero-order valence-electron chi connectivity index (χ0n) is 15.4. The molecule has 2 nitrogen and oxygen atoms in total. The van der Waals surface area contributed by atoms with Gasteiger partial charge in [0.05, 0.1) is 0 Å². The lowest BCUT2D eigenvalue weighted by atomic mass is 9.73. The normalized spacial score (nSPS) is 20.1. The molecule has 0 aliphatic heterocycles. The fraction of sp³-hybridized carbons (Fsp3) is 1.00. The van der Waals surface area contributed by atoms with Crippen LogP contribution in [0.5, 0.6) is 0 Å². The van der Waals surface area contributed by atoms with Gasteiger partial charge in [-0.25, -0.2) is 0 Å². The van der Waals surface area contributed by atoms with Gasteiger partial charge in [0.25, 0.3) is 0 Å². The quantitative estimate of drug-likeness (QED) is 0.636. The van der Waals surface area contributed by atoms with Gasteiger partial charge in [-0.05, 0) is 43.2 Å². The highest BCUT2D eigenvalue weighted by Gasteiger charge is 2.33. The Kier molecular flexibility index (Phi) is 8.89. The van der Waals surface area contributed by atoms with E-state index in [0.29, 0.717) is 5.41 Å². The van der Waals surface area contributed by atoms with Crippen molar-refractivity contribution in [1.82, 2.24) is 10.2 Å². The number of hydrogen-bond donors (Lipinski definition) is 1. The Morgan fingerprint density at radius 1 is 1.05 bits per heavy atom. The lowest BCUT2D eigenvalue weighted by Crippen LogP contribution is -2.47. The van der Waals surface area contributed by atoms with Crippen LogP contribution in [-0.4, -0.2) is 37.6 Å². The Bertz CT molecular complexity index is 256. The number of nitrogens with zero attached hydrogens (tertiary/aromatic N) is 1. The average molecular weight is 297 g/mol. The minimum atomic E-state index is 0.538. The van der Waals surface area contributed by atoms with Gasteiger partial charge in [0, 0.05) is 19.6 Å². The first-order valence-electron chi connectivity index (χ1n) is 9.44. The number of nitrogens with one attached hydrogen (secondary N) is 1. The third-order valence-corrected chi connectivity index (χ3v) is 5.24.